The van der Waals surface area contributed by atoms with Crippen molar-refractivity contribution in [3.05, 3.63) is 0 Å². The maximum Gasteiger partial charge on any atom is 0.310 e. The molecule has 6 rings (SSSR count). The third-order valence-corrected chi connectivity index (χ3v) is 15.8. The van der Waals surface area contributed by atoms with E-state index in [4.69, 9.17) is 14.4 Å². The van der Waals surface area contributed by atoms with Crippen molar-refractivity contribution < 1.29 is 34.3 Å². The third-order valence-electron chi connectivity index (χ3n) is 15.8. The molecule has 2 N–H and O–H groups in total. The number of carboxylic acid groups (broad SMARTS) is 1. The van der Waals surface area contributed by atoms with Gasteiger partial charge in [-0.3, -0.25) is 14.8 Å². The molecule has 6 unspecified atom stereocenters. The lowest BCUT2D eigenvalue weighted by Gasteiger charge is -2.47. The Kier molecular flexibility index (Phi) is 14.7. The van der Waals surface area contributed by atoms with Crippen LogP contribution < -0.4 is 0 Å². The van der Waals surface area contributed by atoms with Crippen molar-refractivity contribution in [2.24, 2.45) is 58.7 Å². The molecule has 0 spiro atoms. The Morgan fingerprint density at radius 2 is 1.12 bits per heavy atom. The van der Waals surface area contributed by atoms with Gasteiger partial charge in [-0.2, -0.15) is 0 Å². The van der Waals surface area contributed by atoms with Crippen molar-refractivity contribution in [2.75, 3.05) is 6.61 Å². The SMILES string of the molecule is CC(C)(C1CCC(OC(=O)C2CCC(CC3CCCCC3)CC2C(=O)O)CC1)C1CCC(OC2CCC(CC3CCCCC3)CC2COO)CC1. The summed E-state index contributed by atoms with van der Waals surface area (Å²) < 4.78 is 12.9. The van der Waals surface area contributed by atoms with E-state index in [1.54, 1.807) is 0 Å². The molecule has 6 fully saturated rings. The first kappa shape index (κ1) is 39.5. The van der Waals surface area contributed by atoms with Gasteiger partial charge in [-0.1, -0.05) is 78.1 Å². The summed E-state index contributed by atoms with van der Waals surface area (Å²) in [5.41, 5.74) is 0.232. The average Bonchev–Trinajstić information content (AvgIpc) is 3.14. The van der Waals surface area contributed by atoms with Crippen LogP contribution in [0.25, 0.3) is 0 Å². The standard InChI is InChI=1S/C44H74O7/c1-44(2,35-15-19-37(20-16-35)50-41-24-14-32(27-34(41)29-49-48)25-30-9-5-3-6-10-30)36-17-21-38(22-18-36)51-43(47)39-23-13-33(28-40(39)42(45)46)26-31-11-7-4-8-12-31/h30-41,48H,3-29H2,1-2H3,(H,45,46). The van der Waals surface area contributed by atoms with Gasteiger partial charge in [-0.25, -0.2) is 4.89 Å². The van der Waals surface area contributed by atoms with Crippen LogP contribution in [-0.4, -0.2) is 47.2 Å². The number of aliphatic carboxylic acids is 1. The van der Waals surface area contributed by atoms with Crippen LogP contribution >= 0.6 is 0 Å². The summed E-state index contributed by atoms with van der Waals surface area (Å²) >= 11 is 0. The molecule has 51 heavy (non-hydrogen) atoms. The zero-order chi connectivity index (χ0) is 35.8. The Morgan fingerprint density at radius 1 is 0.588 bits per heavy atom. The summed E-state index contributed by atoms with van der Waals surface area (Å²) in [6, 6.07) is 0. The molecule has 6 atom stereocenters. The summed E-state index contributed by atoms with van der Waals surface area (Å²) in [6.07, 6.45) is 30.8. The summed E-state index contributed by atoms with van der Waals surface area (Å²) in [5, 5.41) is 19.5. The lowest BCUT2D eigenvalue weighted by molar-refractivity contribution is -0.262. The minimum Gasteiger partial charge on any atom is -0.481 e. The number of esters is 1. The number of carbonyl (C=O) groups excluding carboxylic acids is 1. The summed E-state index contributed by atoms with van der Waals surface area (Å²) in [5.74, 6) is 2.28. The fourth-order valence-corrected chi connectivity index (χ4v) is 12.5. The first-order valence-corrected chi connectivity index (χ1v) is 22.0. The van der Waals surface area contributed by atoms with Gasteiger partial charge in [0, 0.05) is 5.92 Å². The second-order valence-corrected chi connectivity index (χ2v) is 19.3. The van der Waals surface area contributed by atoms with Crippen LogP contribution in [0.15, 0.2) is 0 Å². The molecule has 0 aromatic carbocycles. The second-order valence-electron chi connectivity index (χ2n) is 19.3. The normalized spacial score (nSPS) is 37.9. The minimum atomic E-state index is -0.813. The number of hydrogen-bond acceptors (Lipinski definition) is 6. The van der Waals surface area contributed by atoms with Crippen LogP contribution in [0, 0.1) is 58.7 Å². The van der Waals surface area contributed by atoms with Gasteiger partial charge >= 0.3 is 11.9 Å². The van der Waals surface area contributed by atoms with Crippen LogP contribution in [0.4, 0.5) is 0 Å². The molecule has 0 aromatic heterocycles. The number of carboxylic acids is 1. The first-order chi connectivity index (χ1) is 24.7. The molecule has 0 saturated heterocycles. The molecular formula is C44H74O7. The molecule has 6 aliphatic carbocycles. The molecule has 7 nitrogen and oxygen atoms in total. The van der Waals surface area contributed by atoms with E-state index in [0.717, 1.165) is 82.0 Å². The van der Waals surface area contributed by atoms with E-state index >= 15 is 0 Å². The molecule has 6 aliphatic rings. The highest BCUT2D eigenvalue weighted by atomic mass is 17.1. The van der Waals surface area contributed by atoms with Crippen LogP contribution in [0.5, 0.6) is 0 Å². The van der Waals surface area contributed by atoms with Gasteiger partial charge in [-0.15, -0.1) is 0 Å². The molecule has 6 saturated carbocycles. The predicted molar refractivity (Wildman–Crippen MR) is 200 cm³/mol. The van der Waals surface area contributed by atoms with E-state index < -0.39 is 17.8 Å². The molecule has 0 bridgehead atoms. The molecule has 0 heterocycles. The largest absolute Gasteiger partial charge is 0.481 e. The van der Waals surface area contributed by atoms with Gasteiger partial charge in [-0.05, 0) is 144 Å². The van der Waals surface area contributed by atoms with Gasteiger partial charge in [0.2, 0.25) is 0 Å². The maximum atomic E-state index is 13.4. The second kappa shape index (κ2) is 18.9. The lowest BCUT2D eigenvalue weighted by Crippen LogP contribution is -2.42. The van der Waals surface area contributed by atoms with Crippen LogP contribution in [0.2, 0.25) is 0 Å². The smallest absolute Gasteiger partial charge is 0.310 e. The minimum absolute atomic E-state index is 0.0725. The van der Waals surface area contributed by atoms with Crippen molar-refractivity contribution in [1.29, 1.82) is 0 Å². The van der Waals surface area contributed by atoms with Crippen LogP contribution in [-0.2, 0) is 24.0 Å². The average molecular weight is 715 g/mol. The van der Waals surface area contributed by atoms with Gasteiger partial charge in [0.25, 0.3) is 0 Å². The molecular weight excluding hydrogens is 640 g/mol. The predicted octanol–water partition coefficient (Wildman–Crippen LogP) is 11.0. The molecule has 0 amide bonds. The van der Waals surface area contributed by atoms with Crippen LogP contribution in [0.3, 0.4) is 0 Å². The van der Waals surface area contributed by atoms with Crippen LogP contribution in [0.1, 0.15) is 181 Å². The number of hydrogen-bond donors (Lipinski definition) is 2. The first-order valence-electron chi connectivity index (χ1n) is 22.0. The Bertz CT molecular complexity index is 1060. The summed E-state index contributed by atoms with van der Waals surface area (Å²) in [4.78, 5) is 30.5. The van der Waals surface area contributed by atoms with Crippen molar-refractivity contribution in [3.8, 4) is 0 Å². The zero-order valence-corrected chi connectivity index (χ0v) is 32.5. The van der Waals surface area contributed by atoms with E-state index in [0.29, 0.717) is 49.2 Å². The van der Waals surface area contributed by atoms with Crippen molar-refractivity contribution in [1.82, 2.24) is 0 Å². The number of ether oxygens (including phenoxy) is 2. The van der Waals surface area contributed by atoms with Crippen molar-refractivity contribution in [2.45, 2.75) is 199 Å². The zero-order valence-electron chi connectivity index (χ0n) is 32.5. The van der Waals surface area contributed by atoms with E-state index in [2.05, 4.69) is 13.8 Å². The van der Waals surface area contributed by atoms with E-state index in [9.17, 15) is 20.0 Å². The molecule has 0 radical (unpaired) electrons. The van der Waals surface area contributed by atoms with Crippen molar-refractivity contribution in [3.63, 3.8) is 0 Å². The van der Waals surface area contributed by atoms with Gasteiger partial charge in [0.05, 0.1) is 30.7 Å². The van der Waals surface area contributed by atoms with Gasteiger partial charge < -0.3 is 14.6 Å². The Labute approximate surface area is 310 Å². The summed E-state index contributed by atoms with van der Waals surface area (Å²) in [7, 11) is 0. The summed E-state index contributed by atoms with van der Waals surface area (Å²) in [6.45, 7) is 5.34. The maximum absolute atomic E-state index is 13.4. The van der Waals surface area contributed by atoms with Gasteiger partial charge in [0.1, 0.15) is 6.10 Å². The third kappa shape index (κ3) is 10.7. The molecule has 0 aliphatic heterocycles. The molecule has 7 heteroatoms. The van der Waals surface area contributed by atoms with E-state index in [-0.39, 0.29) is 23.6 Å². The quantitative estimate of drug-likeness (QED) is 0.111. The highest BCUT2D eigenvalue weighted by Gasteiger charge is 2.44. The lowest BCUT2D eigenvalue weighted by atomic mass is 9.60. The Hall–Kier alpha value is -1.18. The fraction of sp³-hybridized carbons (Fsp3) is 0.955. The fourth-order valence-electron chi connectivity index (χ4n) is 12.5. The topological polar surface area (TPSA) is 102 Å². The highest BCUT2D eigenvalue weighted by Crippen LogP contribution is 2.50. The highest BCUT2D eigenvalue weighted by molar-refractivity contribution is 5.81. The van der Waals surface area contributed by atoms with Crippen molar-refractivity contribution >= 4 is 11.9 Å². The Balaban J connectivity index is 0.911. The van der Waals surface area contributed by atoms with E-state index in [1.165, 1.54) is 89.9 Å². The monoisotopic (exact) mass is 715 g/mol. The number of rotatable bonds is 13. The molecule has 0 aromatic rings. The van der Waals surface area contributed by atoms with Gasteiger partial charge in [0.15, 0.2) is 0 Å². The van der Waals surface area contributed by atoms with E-state index in [1.807, 2.05) is 0 Å². The Morgan fingerprint density at radius 3 is 1.67 bits per heavy atom. The molecule has 292 valence electrons. The number of carbonyl (C=O) groups is 2.